The molecule has 0 saturated heterocycles. The summed E-state index contributed by atoms with van der Waals surface area (Å²) in [6.45, 7) is 6.98. The minimum Gasteiger partial charge on any atom is -0.258 e. The van der Waals surface area contributed by atoms with E-state index in [1.807, 2.05) is 0 Å². The van der Waals surface area contributed by atoms with Crippen molar-refractivity contribution < 1.29 is 13.3 Å². The fourth-order valence-electron chi connectivity index (χ4n) is 1.57. The molecule has 0 amide bonds. The van der Waals surface area contributed by atoms with Crippen molar-refractivity contribution in [2.24, 2.45) is 0 Å². The minimum atomic E-state index is -3.74. The number of nitro groups is 1. The molecule has 0 saturated carbocycles. The van der Waals surface area contributed by atoms with Crippen LogP contribution in [0.5, 0.6) is 0 Å². The third-order valence-electron chi connectivity index (χ3n) is 2.75. The van der Waals surface area contributed by atoms with Crippen molar-refractivity contribution in [3.63, 3.8) is 0 Å². The van der Waals surface area contributed by atoms with Gasteiger partial charge in [0.05, 0.1) is 9.82 Å². The molecular weight excluding hydrogens is 268 g/mol. The number of hydrogen-bond donors (Lipinski definition) is 1. The number of hydrogen-bond acceptors (Lipinski definition) is 4. The number of nitrogens with one attached hydrogen (secondary N) is 1. The van der Waals surface area contributed by atoms with Gasteiger partial charge in [0.15, 0.2) is 0 Å². The Hall–Kier alpha value is -1.73. The van der Waals surface area contributed by atoms with E-state index in [2.05, 4.69) is 11.3 Å². The molecule has 0 spiro atoms. The molecule has 0 aromatic heterocycles. The Labute approximate surface area is 112 Å². The number of aryl methyl sites for hydroxylation is 1. The second-order valence-corrected chi connectivity index (χ2v) is 5.85. The Balaban J connectivity index is 3.25. The number of non-ortho nitro benzene ring substituents is 1. The van der Waals surface area contributed by atoms with Crippen molar-refractivity contribution in [3.05, 3.63) is 46.0 Å². The molecule has 0 bridgehead atoms. The van der Waals surface area contributed by atoms with E-state index in [4.69, 9.17) is 0 Å². The molecule has 0 atom stereocenters. The molecule has 0 heterocycles. The zero-order valence-corrected chi connectivity index (χ0v) is 11.7. The van der Waals surface area contributed by atoms with E-state index in [1.165, 1.54) is 6.07 Å². The maximum atomic E-state index is 12.1. The number of sulfonamides is 1. The number of nitro benzene ring substituents is 1. The first-order chi connectivity index (χ1) is 8.79. The van der Waals surface area contributed by atoms with Crippen LogP contribution < -0.4 is 4.72 Å². The molecule has 1 N–H and O–H groups in total. The van der Waals surface area contributed by atoms with Gasteiger partial charge >= 0.3 is 0 Å². The SMILES string of the molecule is C=CCCNS(=O)(=O)c1cc([N+](=O)[O-])cc(C)c1C. The number of nitrogens with zero attached hydrogens (tertiary/aromatic N) is 1. The quantitative estimate of drug-likeness (QED) is 0.375. The van der Waals surface area contributed by atoms with Crippen LogP contribution in [0.3, 0.4) is 0 Å². The van der Waals surface area contributed by atoms with Gasteiger partial charge in [-0.25, -0.2) is 13.1 Å². The van der Waals surface area contributed by atoms with Gasteiger partial charge in [0.1, 0.15) is 0 Å². The Morgan fingerprint density at radius 1 is 1.42 bits per heavy atom. The lowest BCUT2D eigenvalue weighted by Gasteiger charge is -2.10. The average molecular weight is 284 g/mol. The van der Waals surface area contributed by atoms with Crippen LogP contribution in [0.15, 0.2) is 29.7 Å². The summed E-state index contributed by atoms with van der Waals surface area (Å²) < 4.78 is 26.6. The van der Waals surface area contributed by atoms with Crippen molar-refractivity contribution in [2.45, 2.75) is 25.2 Å². The first kappa shape index (κ1) is 15.3. The second kappa shape index (κ2) is 5.94. The molecule has 7 heteroatoms. The smallest absolute Gasteiger partial charge is 0.258 e. The van der Waals surface area contributed by atoms with Crippen molar-refractivity contribution >= 4 is 15.7 Å². The summed E-state index contributed by atoms with van der Waals surface area (Å²) in [5.74, 6) is 0. The Morgan fingerprint density at radius 2 is 2.05 bits per heavy atom. The lowest BCUT2D eigenvalue weighted by molar-refractivity contribution is -0.385. The van der Waals surface area contributed by atoms with Crippen LogP contribution in [-0.2, 0) is 10.0 Å². The molecule has 104 valence electrons. The predicted octanol–water partition coefficient (Wildman–Crippen LogP) is 2.07. The van der Waals surface area contributed by atoms with E-state index in [1.54, 1.807) is 19.9 Å². The highest BCUT2D eigenvalue weighted by molar-refractivity contribution is 7.89. The van der Waals surface area contributed by atoms with Gasteiger partial charge in [0.25, 0.3) is 5.69 Å². The molecule has 1 aromatic rings. The molecule has 1 rings (SSSR count). The zero-order chi connectivity index (χ0) is 14.6. The molecule has 1 aromatic carbocycles. The van der Waals surface area contributed by atoms with Crippen LogP contribution in [0.25, 0.3) is 0 Å². The second-order valence-electron chi connectivity index (χ2n) is 4.12. The fourth-order valence-corrected chi connectivity index (χ4v) is 2.95. The molecule has 0 radical (unpaired) electrons. The van der Waals surface area contributed by atoms with Crippen LogP contribution in [0, 0.1) is 24.0 Å². The van der Waals surface area contributed by atoms with Gasteiger partial charge < -0.3 is 0 Å². The summed E-state index contributed by atoms with van der Waals surface area (Å²) in [5.41, 5.74) is 0.849. The number of benzene rings is 1. The predicted molar refractivity (Wildman–Crippen MR) is 72.6 cm³/mol. The topological polar surface area (TPSA) is 89.3 Å². The molecular formula is C12H16N2O4S. The number of rotatable bonds is 6. The Morgan fingerprint density at radius 3 is 2.58 bits per heavy atom. The maximum absolute atomic E-state index is 12.1. The van der Waals surface area contributed by atoms with Gasteiger partial charge in [-0.15, -0.1) is 6.58 Å². The van der Waals surface area contributed by atoms with Gasteiger partial charge in [-0.3, -0.25) is 10.1 Å². The fraction of sp³-hybridized carbons (Fsp3) is 0.333. The summed E-state index contributed by atoms with van der Waals surface area (Å²) in [4.78, 5) is 10.1. The van der Waals surface area contributed by atoms with Gasteiger partial charge in [0.2, 0.25) is 10.0 Å². The first-order valence-electron chi connectivity index (χ1n) is 5.66. The largest absolute Gasteiger partial charge is 0.271 e. The minimum absolute atomic E-state index is 0.0525. The van der Waals surface area contributed by atoms with Gasteiger partial charge in [0, 0.05) is 18.7 Å². The molecule has 19 heavy (non-hydrogen) atoms. The van der Waals surface area contributed by atoms with Crippen molar-refractivity contribution in [1.82, 2.24) is 4.72 Å². The van der Waals surface area contributed by atoms with Crippen molar-refractivity contribution in [2.75, 3.05) is 6.54 Å². The summed E-state index contributed by atoms with van der Waals surface area (Å²) >= 11 is 0. The highest BCUT2D eigenvalue weighted by Gasteiger charge is 2.21. The van der Waals surface area contributed by atoms with Gasteiger partial charge in [-0.05, 0) is 31.4 Å². The highest BCUT2D eigenvalue weighted by atomic mass is 32.2. The summed E-state index contributed by atoms with van der Waals surface area (Å²) in [6, 6.07) is 2.44. The van der Waals surface area contributed by atoms with Crippen LogP contribution in [0.1, 0.15) is 17.5 Å². The maximum Gasteiger partial charge on any atom is 0.271 e. The van der Waals surface area contributed by atoms with Crippen molar-refractivity contribution in [3.8, 4) is 0 Å². The van der Waals surface area contributed by atoms with E-state index < -0.39 is 14.9 Å². The lowest BCUT2D eigenvalue weighted by Crippen LogP contribution is -2.25. The molecule has 0 aliphatic rings. The van der Waals surface area contributed by atoms with E-state index in [-0.39, 0.29) is 17.1 Å². The normalized spacial score (nSPS) is 11.3. The van der Waals surface area contributed by atoms with Gasteiger partial charge in [-0.2, -0.15) is 0 Å². The molecule has 0 unspecified atom stereocenters. The van der Waals surface area contributed by atoms with Crippen LogP contribution >= 0.6 is 0 Å². The first-order valence-corrected chi connectivity index (χ1v) is 7.14. The average Bonchev–Trinajstić information content (AvgIpc) is 2.32. The molecule has 0 aliphatic heterocycles. The zero-order valence-electron chi connectivity index (χ0n) is 10.8. The highest BCUT2D eigenvalue weighted by Crippen LogP contribution is 2.25. The Bertz CT molecular complexity index is 608. The monoisotopic (exact) mass is 284 g/mol. The van der Waals surface area contributed by atoms with E-state index in [0.29, 0.717) is 17.5 Å². The van der Waals surface area contributed by atoms with Crippen molar-refractivity contribution in [1.29, 1.82) is 0 Å². The van der Waals surface area contributed by atoms with Gasteiger partial charge in [-0.1, -0.05) is 6.08 Å². The lowest BCUT2D eigenvalue weighted by atomic mass is 10.1. The molecule has 0 fully saturated rings. The summed E-state index contributed by atoms with van der Waals surface area (Å²) in [5, 5.41) is 10.8. The summed E-state index contributed by atoms with van der Waals surface area (Å²) in [6.07, 6.45) is 2.08. The van der Waals surface area contributed by atoms with Crippen LogP contribution in [0.2, 0.25) is 0 Å². The molecule has 0 aliphatic carbocycles. The van der Waals surface area contributed by atoms with Crippen LogP contribution in [0.4, 0.5) is 5.69 Å². The summed E-state index contributed by atoms with van der Waals surface area (Å²) in [7, 11) is -3.74. The van der Waals surface area contributed by atoms with E-state index in [9.17, 15) is 18.5 Å². The third-order valence-corrected chi connectivity index (χ3v) is 4.33. The van der Waals surface area contributed by atoms with Crippen LogP contribution in [-0.4, -0.2) is 19.9 Å². The van der Waals surface area contributed by atoms with E-state index >= 15 is 0 Å². The Kier molecular flexibility index (Phi) is 4.79. The molecule has 6 nitrogen and oxygen atoms in total. The van der Waals surface area contributed by atoms with E-state index in [0.717, 1.165) is 6.07 Å². The standard InChI is InChI=1S/C12H16N2O4S/c1-4-5-6-13-19(17,18)12-8-11(14(15)16)7-9(2)10(12)3/h4,7-8,13H,1,5-6H2,2-3H3. The third kappa shape index (κ3) is 3.62.